The third-order valence-corrected chi connectivity index (χ3v) is 12.7. The van der Waals surface area contributed by atoms with Crippen molar-refractivity contribution in [2.45, 2.75) is 147 Å². The fourth-order valence-electron chi connectivity index (χ4n) is 8.66. The number of carbonyl (C=O) groups is 8. The van der Waals surface area contributed by atoms with Crippen LogP contribution in [0.5, 0.6) is 0 Å². The van der Waals surface area contributed by atoms with E-state index in [0.29, 0.717) is 44.2 Å². The van der Waals surface area contributed by atoms with Gasteiger partial charge in [0, 0.05) is 43.0 Å². The van der Waals surface area contributed by atoms with Gasteiger partial charge in [-0.25, -0.2) is 4.79 Å². The molecular weight excluding hydrogens is 939 g/mol. The molecule has 4 rings (SSSR count). The summed E-state index contributed by atoms with van der Waals surface area (Å²) in [6.07, 6.45) is 4.76. The normalized spacial score (nSPS) is 16.3. The maximum atomic E-state index is 14.4. The summed E-state index contributed by atoms with van der Waals surface area (Å²) in [4.78, 5) is 118. The van der Waals surface area contributed by atoms with Crippen LogP contribution in [0.4, 0.5) is 0 Å². The number of likely N-dealkylation sites (tertiary alicyclic amines) is 1. The number of aromatic amines is 1. The lowest BCUT2D eigenvalue weighted by atomic mass is 9.99. The Bertz CT molecular complexity index is 2370. The van der Waals surface area contributed by atoms with E-state index in [2.05, 4.69) is 41.9 Å². The predicted molar refractivity (Wildman–Crippen MR) is 277 cm³/mol. The first-order valence-electron chi connectivity index (χ1n) is 25.2. The standard InChI is InChI=1S/C51H77N13O9/c1-29(2)25-38(45(67)61-39(26-32-15-7-6-8-16-32)46(68)63-42(30(3)4)48(70)59-37(50(72)73)20-13-23-56-51(54)55)60-43(65)31(5)58-47(69)41-21-14-24-64(41)49(71)40(62-44(66)35(53)18-11-12-22-52)27-33-28-57-36-19-10-9-17-34(33)36/h6-10,15-17,19,28-31,35,37-42,57H,11-14,18,20-27,52-53H2,1-5H3,(H,58,69)(H,59,70)(H,60,65)(H,61,67)(H,62,66)(H,63,68)(H,72,73)(H4,54,55,56)/t31-,35-,37-,38-,39-,40-,41-,42-/m1/s1. The lowest BCUT2D eigenvalue weighted by Crippen LogP contribution is -2.60. The monoisotopic (exact) mass is 1020 g/mol. The van der Waals surface area contributed by atoms with Gasteiger partial charge in [-0.1, -0.05) is 82.6 Å². The summed E-state index contributed by atoms with van der Waals surface area (Å²) < 4.78 is 0. The van der Waals surface area contributed by atoms with Gasteiger partial charge in [-0.3, -0.25) is 38.6 Å². The Morgan fingerprint density at radius 3 is 2.03 bits per heavy atom. The highest BCUT2D eigenvalue weighted by Gasteiger charge is 2.40. The lowest BCUT2D eigenvalue weighted by Gasteiger charge is -2.30. The van der Waals surface area contributed by atoms with Crippen molar-refractivity contribution in [1.29, 1.82) is 0 Å². The molecule has 8 atom stereocenters. The van der Waals surface area contributed by atoms with Gasteiger partial charge in [0.25, 0.3) is 0 Å². The Morgan fingerprint density at radius 1 is 0.726 bits per heavy atom. The zero-order chi connectivity index (χ0) is 53.8. The Labute approximate surface area is 426 Å². The van der Waals surface area contributed by atoms with Crippen molar-refractivity contribution in [3.8, 4) is 0 Å². The number of hydrogen-bond donors (Lipinski definition) is 12. The third kappa shape index (κ3) is 18.2. The maximum Gasteiger partial charge on any atom is 0.326 e. The zero-order valence-electron chi connectivity index (χ0n) is 42.7. The minimum absolute atomic E-state index is 0.00722. The van der Waals surface area contributed by atoms with Crippen LogP contribution in [0.1, 0.15) is 97.1 Å². The topological polar surface area (TPSA) is 364 Å². The average Bonchev–Trinajstić information content (AvgIpc) is 4.01. The molecule has 1 fully saturated rings. The molecule has 0 unspecified atom stereocenters. The van der Waals surface area contributed by atoms with Crippen molar-refractivity contribution in [3.63, 3.8) is 0 Å². The van der Waals surface area contributed by atoms with Crippen molar-refractivity contribution in [1.82, 2.24) is 41.8 Å². The molecule has 2 heterocycles. The summed E-state index contributed by atoms with van der Waals surface area (Å²) in [5, 5.41) is 27.0. The number of aromatic nitrogens is 1. The van der Waals surface area contributed by atoms with Gasteiger partial charge in [-0.15, -0.1) is 0 Å². The molecule has 1 aliphatic rings. The van der Waals surface area contributed by atoms with Gasteiger partial charge in [0.2, 0.25) is 41.4 Å². The van der Waals surface area contributed by atoms with Crippen LogP contribution in [0.15, 0.2) is 65.8 Å². The van der Waals surface area contributed by atoms with E-state index >= 15 is 0 Å². The molecule has 73 heavy (non-hydrogen) atoms. The van der Waals surface area contributed by atoms with Crippen LogP contribution >= 0.6 is 0 Å². The molecule has 1 aromatic heterocycles. The molecule has 1 aliphatic heterocycles. The van der Waals surface area contributed by atoms with Crippen molar-refractivity contribution in [2.75, 3.05) is 19.6 Å². The lowest BCUT2D eigenvalue weighted by molar-refractivity contribution is -0.142. The predicted octanol–water partition coefficient (Wildman–Crippen LogP) is 0.169. The number of H-pyrrole nitrogens is 1. The second-order valence-corrected chi connectivity index (χ2v) is 19.5. The molecule has 1 saturated heterocycles. The van der Waals surface area contributed by atoms with Gasteiger partial charge < -0.3 is 69.8 Å². The summed E-state index contributed by atoms with van der Waals surface area (Å²) in [6.45, 7) is 9.31. The molecule has 3 aromatic rings. The molecule has 0 saturated carbocycles. The van der Waals surface area contributed by atoms with E-state index in [0.717, 1.165) is 16.5 Å². The number of para-hydroxylation sites is 1. The molecule has 400 valence electrons. The highest BCUT2D eigenvalue weighted by Crippen LogP contribution is 2.23. The van der Waals surface area contributed by atoms with Crippen LogP contribution in [0.3, 0.4) is 0 Å². The molecule has 22 heteroatoms. The van der Waals surface area contributed by atoms with Crippen LogP contribution in [0, 0.1) is 11.8 Å². The number of amides is 7. The summed E-state index contributed by atoms with van der Waals surface area (Å²) in [7, 11) is 0. The van der Waals surface area contributed by atoms with Crippen LogP contribution in [-0.2, 0) is 51.2 Å². The minimum Gasteiger partial charge on any atom is -0.480 e. The van der Waals surface area contributed by atoms with Gasteiger partial charge in [-0.2, -0.15) is 0 Å². The van der Waals surface area contributed by atoms with E-state index in [1.807, 2.05) is 38.1 Å². The molecule has 22 nitrogen and oxygen atoms in total. The van der Waals surface area contributed by atoms with E-state index in [1.165, 1.54) is 11.8 Å². The molecule has 0 aliphatic carbocycles. The number of aliphatic carboxylic acids is 1. The Hall–Kier alpha value is -7.07. The summed E-state index contributed by atoms with van der Waals surface area (Å²) >= 11 is 0. The second-order valence-electron chi connectivity index (χ2n) is 19.5. The van der Waals surface area contributed by atoms with Crippen LogP contribution in [0.25, 0.3) is 10.9 Å². The average molecular weight is 1020 g/mol. The first-order chi connectivity index (χ1) is 34.7. The fourth-order valence-corrected chi connectivity index (χ4v) is 8.66. The number of rotatable bonds is 29. The Kier molecular flexibility index (Phi) is 23.1. The van der Waals surface area contributed by atoms with E-state index in [-0.39, 0.29) is 57.1 Å². The van der Waals surface area contributed by atoms with E-state index < -0.39 is 102 Å². The number of aliphatic imine (C=N–C) groups is 1. The van der Waals surface area contributed by atoms with E-state index in [4.69, 9.17) is 22.9 Å². The highest BCUT2D eigenvalue weighted by atomic mass is 16.4. The number of nitrogens with zero attached hydrogens (tertiary/aromatic N) is 2. The van der Waals surface area contributed by atoms with Crippen LogP contribution in [-0.4, -0.2) is 136 Å². The number of guanidine groups is 1. The quantitative estimate of drug-likeness (QED) is 0.0251. The number of fused-ring (bicyclic) bond motifs is 1. The Morgan fingerprint density at radius 2 is 1.37 bits per heavy atom. The first kappa shape index (κ1) is 58.5. The zero-order valence-corrected chi connectivity index (χ0v) is 42.7. The molecule has 2 aromatic carbocycles. The SMILES string of the molecule is CC(C)C[C@@H](NC(=O)[C@@H](C)NC(=O)[C@H]1CCCN1C(=O)[C@@H](Cc1c[nH]c2ccccc12)NC(=O)[C@H](N)CCCCN)C(=O)N[C@H](Cc1ccccc1)C(=O)N[C@@H](C(=O)N[C@H](CCCN=C(N)N)C(=O)O)C(C)C. The van der Waals surface area contributed by atoms with Crippen LogP contribution in [0.2, 0.25) is 0 Å². The van der Waals surface area contributed by atoms with Crippen LogP contribution < -0.4 is 54.8 Å². The number of unbranched alkanes of at least 4 members (excludes halogenated alkanes) is 1. The van der Waals surface area contributed by atoms with Crippen molar-refractivity contribution >= 4 is 64.2 Å². The maximum absolute atomic E-state index is 14.4. The summed E-state index contributed by atoms with van der Waals surface area (Å²) in [5.41, 5.74) is 24.9. The van der Waals surface area contributed by atoms with E-state index in [9.17, 15) is 43.5 Å². The van der Waals surface area contributed by atoms with Gasteiger partial charge in [0.1, 0.15) is 42.3 Å². The van der Waals surface area contributed by atoms with Gasteiger partial charge in [0.05, 0.1) is 6.04 Å². The Balaban J connectivity index is 1.48. The first-order valence-corrected chi connectivity index (χ1v) is 25.2. The highest BCUT2D eigenvalue weighted by molar-refractivity contribution is 5.98. The smallest absolute Gasteiger partial charge is 0.326 e. The fraction of sp³-hybridized carbons (Fsp3) is 0.549. The number of hydrogen-bond acceptors (Lipinski definition) is 11. The van der Waals surface area contributed by atoms with Gasteiger partial charge in [0.15, 0.2) is 5.96 Å². The third-order valence-electron chi connectivity index (χ3n) is 12.7. The number of carboxylic acid groups (broad SMARTS) is 1. The largest absolute Gasteiger partial charge is 0.480 e. The number of benzene rings is 2. The molecular formula is C51H77N13O9. The van der Waals surface area contributed by atoms with Gasteiger partial charge in [-0.05, 0) is 87.4 Å². The van der Waals surface area contributed by atoms with Crippen molar-refractivity contribution in [3.05, 3.63) is 71.9 Å². The summed E-state index contributed by atoms with van der Waals surface area (Å²) in [5.74, 6) is -6.56. The van der Waals surface area contributed by atoms with Crippen molar-refractivity contribution in [2.24, 2.45) is 39.8 Å². The molecule has 7 amide bonds. The number of carbonyl (C=O) groups excluding carboxylic acids is 7. The number of carboxylic acids is 1. The van der Waals surface area contributed by atoms with E-state index in [1.54, 1.807) is 50.4 Å². The number of nitrogens with one attached hydrogen (secondary N) is 7. The van der Waals surface area contributed by atoms with Gasteiger partial charge >= 0.3 is 5.97 Å². The van der Waals surface area contributed by atoms with Crippen molar-refractivity contribution < 1.29 is 43.5 Å². The number of nitrogens with two attached hydrogens (primary N) is 4. The minimum atomic E-state index is -1.30. The molecule has 16 N–H and O–H groups in total. The summed E-state index contributed by atoms with van der Waals surface area (Å²) in [6, 6.07) is 7.33. The second kappa shape index (κ2) is 28.8. The molecule has 0 spiro atoms. The molecule has 0 bridgehead atoms. The molecule has 0 radical (unpaired) electrons.